The Balaban J connectivity index is 2.38. The van der Waals surface area contributed by atoms with Gasteiger partial charge < -0.3 is 5.73 Å². The van der Waals surface area contributed by atoms with Crippen LogP contribution in [0.2, 0.25) is 5.02 Å². The lowest BCUT2D eigenvalue weighted by Crippen LogP contribution is -2.36. The molecule has 0 heterocycles. The third kappa shape index (κ3) is 3.19. The normalized spacial score (nSPS) is 14.1. The molecule has 0 radical (unpaired) electrons. The maximum absolute atomic E-state index is 13.7. The summed E-state index contributed by atoms with van der Waals surface area (Å²) in [6.45, 7) is 1.74. The molecule has 0 aromatic heterocycles. The second-order valence-corrected chi connectivity index (χ2v) is 6.25. The van der Waals surface area contributed by atoms with Gasteiger partial charge >= 0.3 is 0 Å². The first-order valence-electron chi connectivity index (χ1n) is 5.98. The summed E-state index contributed by atoms with van der Waals surface area (Å²) in [4.78, 5) is 0. The van der Waals surface area contributed by atoms with Crippen molar-refractivity contribution in [1.82, 2.24) is 0 Å². The first kappa shape index (κ1) is 15.4. The lowest BCUT2D eigenvalue weighted by molar-refractivity contribution is 0.454. The fraction of sp³-hybridized carbons (Fsp3) is 0.200. The Bertz CT molecular complexity index is 644. The van der Waals surface area contributed by atoms with Crippen molar-refractivity contribution in [2.45, 2.75) is 18.9 Å². The van der Waals surface area contributed by atoms with E-state index in [-0.39, 0.29) is 12.0 Å². The summed E-state index contributed by atoms with van der Waals surface area (Å²) < 4.78 is 27.8. The van der Waals surface area contributed by atoms with Gasteiger partial charge in [-0.25, -0.2) is 8.78 Å². The van der Waals surface area contributed by atoms with Gasteiger partial charge in [-0.15, -0.1) is 0 Å². The molecular weight excluding hydrogens is 348 g/mol. The molecule has 2 aromatic carbocycles. The van der Waals surface area contributed by atoms with Crippen LogP contribution in [0.4, 0.5) is 8.78 Å². The van der Waals surface area contributed by atoms with Crippen LogP contribution in [0.15, 0.2) is 40.9 Å². The Hall–Kier alpha value is -0.970. The molecule has 20 heavy (non-hydrogen) atoms. The Kier molecular flexibility index (Phi) is 4.47. The molecule has 0 amide bonds. The number of hydrogen-bond acceptors (Lipinski definition) is 1. The van der Waals surface area contributed by atoms with Crippen molar-refractivity contribution < 1.29 is 8.78 Å². The van der Waals surface area contributed by atoms with Crippen molar-refractivity contribution in [1.29, 1.82) is 0 Å². The molecule has 0 aliphatic rings. The molecule has 0 aliphatic heterocycles. The Morgan fingerprint density at radius 1 is 1.25 bits per heavy atom. The zero-order valence-electron chi connectivity index (χ0n) is 10.8. The van der Waals surface area contributed by atoms with Crippen LogP contribution in [-0.2, 0) is 12.0 Å². The van der Waals surface area contributed by atoms with Crippen molar-refractivity contribution in [3.05, 3.63) is 68.7 Å². The second kappa shape index (κ2) is 5.80. The highest BCUT2D eigenvalue weighted by molar-refractivity contribution is 9.10. The molecule has 106 valence electrons. The van der Waals surface area contributed by atoms with Crippen LogP contribution in [0, 0.1) is 11.6 Å². The van der Waals surface area contributed by atoms with E-state index in [0.29, 0.717) is 10.6 Å². The van der Waals surface area contributed by atoms with Gasteiger partial charge in [0.2, 0.25) is 0 Å². The molecule has 1 unspecified atom stereocenters. The highest BCUT2D eigenvalue weighted by Gasteiger charge is 2.26. The first-order chi connectivity index (χ1) is 9.31. The van der Waals surface area contributed by atoms with Crippen LogP contribution >= 0.6 is 27.5 Å². The topological polar surface area (TPSA) is 26.0 Å². The van der Waals surface area contributed by atoms with Gasteiger partial charge in [0.15, 0.2) is 11.6 Å². The summed E-state index contributed by atoms with van der Waals surface area (Å²) in [7, 11) is 0. The van der Waals surface area contributed by atoms with E-state index >= 15 is 0 Å². The average Bonchev–Trinajstić information content (AvgIpc) is 2.34. The highest BCUT2D eigenvalue weighted by Crippen LogP contribution is 2.32. The third-order valence-electron chi connectivity index (χ3n) is 3.14. The van der Waals surface area contributed by atoms with Crippen LogP contribution in [0.25, 0.3) is 0 Å². The zero-order valence-corrected chi connectivity index (χ0v) is 13.1. The molecule has 0 aliphatic carbocycles. The molecule has 2 rings (SSSR count). The molecular formula is C15H13BrClF2N. The second-order valence-electron chi connectivity index (χ2n) is 4.93. The number of hydrogen-bond donors (Lipinski definition) is 1. The monoisotopic (exact) mass is 359 g/mol. The van der Waals surface area contributed by atoms with Crippen LogP contribution in [0.3, 0.4) is 0 Å². The smallest absolute Gasteiger partial charge is 0.162 e. The van der Waals surface area contributed by atoms with Gasteiger partial charge in [-0.2, -0.15) is 0 Å². The Morgan fingerprint density at radius 3 is 2.60 bits per heavy atom. The third-order valence-corrected chi connectivity index (χ3v) is 3.94. The number of nitrogens with two attached hydrogens (primary N) is 1. The summed E-state index contributed by atoms with van der Waals surface area (Å²) >= 11 is 9.49. The van der Waals surface area contributed by atoms with Gasteiger partial charge in [-0.1, -0.05) is 45.7 Å². The summed E-state index contributed by atoms with van der Waals surface area (Å²) in [5, 5.41) is 0.487. The molecule has 0 saturated heterocycles. The molecule has 0 fully saturated rings. The summed E-state index contributed by atoms with van der Waals surface area (Å²) in [5.41, 5.74) is 6.27. The molecule has 1 nitrogen and oxygen atoms in total. The minimum absolute atomic E-state index is 0.151. The van der Waals surface area contributed by atoms with Gasteiger partial charge in [0.05, 0.1) is 0 Å². The van der Waals surface area contributed by atoms with E-state index in [0.717, 1.165) is 10.5 Å². The van der Waals surface area contributed by atoms with E-state index in [4.69, 9.17) is 17.3 Å². The van der Waals surface area contributed by atoms with Gasteiger partial charge in [0, 0.05) is 15.0 Å². The molecule has 0 bridgehead atoms. The van der Waals surface area contributed by atoms with E-state index in [1.54, 1.807) is 19.1 Å². The lowest BCUT2D eigenvalue weighted by atomic mass is 9.86. The minimum atomic E-state index is -0.896. The van der Waals surface area contributed by atoms with Crippen LogP contribution < -0.4 is 5.73 Å². The van der Waals surface area contributed by atoms with E-state index in [1.807, 2.05) is 6.07 Å². The Morgan fingerprint density at radius 2 is 1.95 bits per heavy atom. The van der Waals surface area contributed by atoms with Crippen molar-refractivity contribution in [2.24, 2.45) is 5.73 Å². The first-order valence-corrected chi connectivity index (χ1v) is 7.15. The molecule has 1 atom stereocenters. The van der Waals surface area contributed by atoms with Gasteiger partial charge in [-0.3, -0.25) is 0 Å². The van der Waals surface area contributed by atoms with Crippen LogP contribution in [0.5, 0.6) is 0 Å². The summed E-state index contributed by atoms with van der Waals surface area (Å²) in [5.74, 6) is -1.74. The van der Waals surface area contributed by atoms with E-state index in [9.17, 15) is 8.78 Å². The maximum Gasteiger partial charge on any atom is 0.162 e. The number of benzene rings is 2. The number of halogens is 4. The van der Waals surface area contributed by atoms with Gasteiger partial charge in [-0.05, 0) is 42.7 Å². The fourth-order valence-electron chi connectivity index (χ4n) is 2.13. The summed E-state index contributed by atoms with van der Waals surface area (Å²) in [6, 6.07) is 9.39. The molecule has 5 heteroatoms. The zero-order chi connectivity index (χ0) is 14.9. The van der Waals surface area contributed by atoms with Crippen molar-refractivity contribution >= 4 is 27.5 Å². The largest absolute Gasteiger partial charge is 0.321 e. The quantitative estimate of drug-likeness (QED) is 0.836. The molecule has 2 aromatic rings. The van der Waals surface area contributed by atoms with Crippen LogP contribution in [0.1, 0.15) is 18.1 Å². The van der Waals surface area contributed by atoms with Crippen LogP contribution in [-0.4, -0.2) is 0 Å². The maximum atomic E-state index is 13.7. The molecule has 0 spiro atoms. The predicted octanol–water partition coefficient (Wildman–Crippen LogP) is 4.80. The predicted molar refractivity (Wildman–Crippen MR) is 80.8 cm³/mol. The highest BCUT2D eigenvalue weighted by atomic mass is 79.9. The van der Waals surface area contributed by atoms with E-state index < -0.39 is 17.2 Å². The lowest BCUT2D eigenvalue weighted by Gasteiger charge is -2.27. The number of rotatable bonds is 3. The Labute approximate surface area is 129 Å². The van der Waals surface area contributed by atoms with Gasteiger partial charge in [0.25, 0.3) is 0 Å². The standard InChI is InChI=1S/C15H13BrClF2N/c1-15(20,11-6-5-10(16)7-12(11)17)8-9-3-2-4-13(18)14(9)19/h2-7H,8,20H2,1H3. The van der Waals surface area contributed by atoms with Crippen molar-refractivity contribution in [3.8, 4) is 0 Å². The van der Waals surface area contributed by atoms with Gasteiger partial charge in [0.1, 0.15) is 0 Å². The summed E-state index contributed by atoms with van der Waals surface area (Å²) in [6.07, 6.45) is 0.151. The van der Waals surface area contributed by atoms with E-state index in [2.05, 4.69) is 15.9 Å². The fourth-order valence-corrected chi connectivity index (χ4v) is 3.02. The van der Waals surface area contributed by atoms with Crippen molar-refractivity contribution in [3.63, 3.8) is 0 Å². The SMILES string of the molecule is CC(N)(Cc1cccc(F)c1F)c1ccc(Br)cc1Cl. The molecule has 2 N–H and O–H groups in total. The van der Waals surface area contributed by atoms with Crippen molar-refractivity contribution in [2.75, 3.05) is 0 Å². The average molecular weight is 361 g/mol. The molecule has 0 saturated carbocycles. The van der Waals surface area contributed by atoms with E-state index in [1.165, 1.54) is 12.1 Å². The minimum Gasteiger partial charge on any atom is -0.321 e.